The van der Waals surface area contributed by atoms with Crippen molar-refractivity contribution < 1.29 is 53.7 Å². The van der Waals surface area contributed by atoms with Gasteiger partial charge < -0.3 is 35.9 Å². The number of nitrogens with one attached hydrogen (secondary N) is 1. The van der Waals surface area contributed by atoms with Crippen molar-refractivity contribution in [1.82, 2.24) is 15.2 Å². The van der Waals surface area contributed by atoms with Crippen LogP contribution >= 0.6 is 23.1 Å². The number of cyclic esters (lactones) is 1. The minimum Gasteiger partial charge on any atom is -0.481 e. The first-order valence-corrected chi connectivity index (χ1v) is 11.9. The standard InChI is InChI=1S/C18H19N5O11S2/c19-18-20-7(4-36-18)11(22-34-8(17(31)32)2-9(24)25)13(27)21-12-14(28)23-5-33-10(26)1-6(16(29)30)3-35-15(12)23/h4,6,8,12,15H,1-3,5H2,(H2,19,20)(H,21,27)(H,24,25)(H,29,30)(H,31,32)/b22-11-/t6-,8+,12+,15+/m0/s1. The molecule has 0 bridgehead atoms. The van der Waals surface area contributed by atoms with E-state index in [1.54, 1.807) is 0 Å². The van der Waals surface area contributed by atoms with Gasteiger partial charge in [-0.3, -0.25) is 28.9 Å². The average Bonchev–Trinajstić information content (AvgIpc) is 3.24. The second kappa shape index (κ2) is 11.2. The Balaban J connectivity index is 1.80. The summed E-state index contributed by atoms with van der Waals surface area (Å²) in [5.74, 6) is -7.91. The molecule has 194 valence electrons. The number of nitrogen functional groups attached to an aromatic ring is 1. The molecule has 0 saturated carbocycles. The lowest BCUT2D eigenvalue weighted by molar-refractivity contribution is -0.165. The van der Waals surface area contributed by atoms with Crippen LogP contribution in [0.1, 0.15) is 18.5 Å². The number of anilines is 1. The van der Waals surface area contributed by atoms with Crippen LogP contribution in [-0.4, -0.2) is 96.6 Å². The van der Waals surface area contributed by atoms with Gasteiger partial charge in [-0.05, 0) is 0 Å². The number of β-lactam (4-membered cyclic amide) rings is 1. The van der Waals surface area contributed by atoms with Gasteiger partial charge in [-0.2, -0.15) is 0 Å². The molecule has 2 fully saturated rings. The van der Waals surface area contributed by atoms with Gasteiger partial charge in [0.15, 0.2) is 17.6 Å². The fraction of sp³-hybridized carbons (Fsp3) is 0.444. The monoisotopic (exact) mass is 545 g/mol. The molecule has 2 amide bonds. The highest BCUT2D eigenvalue weighted by Crippen LogP contribution is 2.33. The number of nitrogens with two attached hydrogens (primary N) is 1. The first-order chi connectivity index (χ1) is 17.0. The van der Waals surface area contributed by atoms with Crippen LogP contribution in [0.25, 0.3) is 0 Å². The Hall–Kier alpha value is -3.93. The third kappa shape index (κ3) is 6.19. The zero-order valence-corrected chi connectivity index (χ0v) is 19.7. The molecule has 0 radical (unpaired) electrons. The minimum atomic E-state index is -1.92. The lowest BCUT2D eigenvalue weighted by Crippen LogP contribution is -2.70. The number of fused-ring (bicyclic) bond motifs is 1. The zero-order chi connectivity index (χ0) is 26.6. The highest BCUT2D eigenvalue weighted by molar-refractivity contribution is 8.00. The van der Waals surface area contributed by atoms with E-state index in [1.807, 2.05) is 0 Å². The molecule has 0 aromatic carbocycles. The van der Waals surface area contributed by atoms with Crippen LogP contribution in [0.4, 0.5) is 5.13 Å². The van der Waals surface area contributed by atoms with Crippen LogP contribution < -0.4 is 11.1 Å². The van der Waals surface area contributed by atoms with Gasteiger partial charge in [-0.1, -0.05) is 5.16 Å². The van der Waals surface area contributed by atoms with Crippen molar-refractivity contribution in [2.75, 3.05) is 18.2 Å². The maximum Gasteiger partial charge on any atom is 0.348 e. The van der Waals surface area contributed by atoms with Crippen molar-refractivity contribution in [1.29, 1.82) is 0 Å². The smallest absolute Gasteiger partial charge is 0.348 e. The zero-order valence-electron chi connectivity index (χ0n) is 18.1. The number of esters is 1. The molecule has 2 aliphatic rings. The molecule has 2 aliphatic heterocycles. The predicted octanol–water partition coefficient (Wildman–Crippen LogP) is -1.63. The second-order valence-electron chi connectivity index (χ2n) is 7.41. The maximum atomic E-state index is 13.0. The number of aliphatic carboxylic acids is 3. The third-order valence-corrected chi connectivity index (χ3v) is 7.05. The molecule has 4 atom stereocenters. The number of thioether (sulfide) groups is 1. The summed E-state index contributed by atoms with van der Waals surface area (Å²) in [7, 11) is 0. The fourth-order valence-electron chi connectivity index (χ4n) is 3.07. The van der Waals surface area contributed by atoms with Crippen LogP contribution in [0.5, 0.6) is 0 Å². The molecule has 3 heterocycles. The Morgan fingerprint density at radius 3 is 2.61 bits per heavy atom. The van der Waals surface area contributed by atoms with Gasteiger partial charge in [0.25, 0.3) is 11.8 Å². The molecular weight excluding hydrogens is 526 g/mol. The molecule has 3 rings (SSSR count). The second-order valence-corrected chi connectivity index (χ2v) is 9.45. The number of aromatic nitrogens is 1. The molecule has 18 heteroatoms. The summed E-state index contributed by atoms with van der Waals surface area (Å²) < 4.78 is 4.95. The first-order valence-electron chi connectivity index (χ1n) is 9.99. The van der Waals surface area contributed by atoms with E-state index in [-0.39, 0.29) is 23.0 Å². The van der Waals surface area contributed by atoms with Gasteiger partial charge in [-0.25, -0.2) is 9.78 Å². The molecule has 2 saturated heterocycles. The summed E-state index contributed by atoms with van der Waals surface area (Å²) in [5, 5.41) is 33.7. The number of ether oxygens (including phenoxy) is 1. The Morgan fingerprint density at radius 1 is 1.31 bits per heavy atom. The number of nitrogens with zero attached hydrogens (tertiary/aromatic N) is 3. The van der Waals surface area contributed by atoms with E-state index in [0.29, 0.717) is 0 Å². The van der Waals surface area contributed by atoms with E-state index in [9.17, 15) is 33.9 Å². The Morgan fingerprint density at radius 2 is 2.03 bits per heavy atom. The summed E-state index contributed by atoms with van der Waals surface area (Å²) in [6.45, 7) is -0.434. The van der Waals surface area contributed by atoms with E-state index in [1.165, 1.54) is 5.38 Å². The normalized spacial score (nSPS) is 23.1. The molecule has 0 spiro atoms. The average molecular weight is 546 g/mol. The highest BCUT2D eigenvalue weighted by atomic mass is 32.2. The minimum absolute atomic E-state index is 0.0325. The number of oxime groups is 1. The molecule has 0 unspecified atom stereocenters. The van der Waals surface area contributed by atoms with Crippen LogP contribution in [0, 0.1) is 5.92 Å². The summed E-state index contributed by atoms with van der Waals surface area (Å²) in [6, 6.07) is -1.18. The number of carbonyl (C=O) groups excluding carboxylic acids is 3. The van der Waals surface area contributed by atoms with E-state index in [0.717, 1.165) is 28.0 Å². The third-order valence-electron chi connectivity index (χ3n) is 4.91. The summed E-state index contributed by atoms with van der Waals surface area (Å²) >= 11 is 1.95. The van der Waals surface area contributed by atoms with Gasteiger partial charge in [0.05, 0.1) is 18.8 Å². The van der Waals surface area contributed by atoms with E-state index >= 15 is 0 Å². The number of thiazole rings is 1. The molecule has 0 aliphatic carbocycles. The topological polar surface area (TPSA) is 248 Å². The van der Waals surface area contributed by atoms with Gasteiger partial charge in [0.2, 0.25) is 6.10 Å². The summed E-state index contributed by atoms with van der Waals surface area (Å²) in [4.78, 5) is 80.8. The Labute approximate surface area is 209 Å². The van der Waals surface area contributed by atoms with Gasteiger partial charge in [0, 0.05) is 11.1 Å². The van der Waals surface area contributed by atoms with E-state index < -0.39 is 78.0 Å². The molecule has 36 heavy (non-hydrogen) atoms. The highest BCUT2D eigenvalue weighted by Gasteiger charge is 2.50. The van der Waals surface area contributed by atoms with Crippen LogP contribution in [0.2, 0.25) is 0 Å². The molecule has 1 aromatic heterocycles. The number of hydrogen-bond donors (Lipinski definition) is 5. The van der Waals surface area contributed by atoms with Gasteiger partial charge in [-0.15, -0.1) is 23.1 Å². The Kier molecular flexibility index (Phi) is 8.30. The summed E-state index contributed by atoms with van der Waals surface area (Å²) in [5.41, 5.74) is 4.88. The lowest BCUT2D eigenvalue weighted by atomic mass is 10.1. The maximum absolute atomic E-state index is 13.0. The summed E-state index contributed by atoms with van der Waals surface area (Å²) in [6.07, 6.45) is -3.26. The fourth-order valence-corrected chi connectivity index (χ4v) is 5.03. The van der Waals surface area contributed by atoms with Crippen molar-refractivity contribution in [2.45, 2.75) is 30.4 Å². The Bertz CT molecular complexity index is 1120. The van der Waals surface area contributed by atoms with Gasteiger partial charge >= 0.3 is 23.9 Å². The number of rotatable bonds is 9. The van der Waals surface area contributed by atoms with Crippen molar-refractivity contribution >= 4 is 69.6 Å². The van der Waals surface area contributed by atoms with Gasteiger partial charge in [0.1, 0.15) is 17.1 Å². The molecule has 1 aromatic rings. The number of carboxylic acid groups (broad SMARTS) is 3. The molecule has 16 nitrogen and oxygen atoms in total. The molecule has 6 N–H and O–H groups in total. The SMILES string of the molecule is Nc1nc(/C(=N/O[C@H](CC(=O)O)C(=O)O)C(=O)N[C@@H]2C(=O)N3COC(=O)C[C@H](C(=O)O)CS[C@H]23)cs1. The van der Waals surface area contributed by atoms with Crippen molar-refractivity contribution in [3.63, 3.8) is 0 Å². The number of carbonyl (C=O) groups is 6. The van der Waals surface area contributed by atoms with Crippen LogP contribution in [0.3, 0.4) is 0 Å². The number of hydrogen-bond acceptors (Lipinski definition) is 13. The number of amides is 2. The van der Waals surface area contributed by atoms with Crippen molar-refractivity contribution in [3.05, 3.63) is 11.1 Å². The first kappa shape index (κ1) is 26.7. The quantitative estimate of drug-likeness (QED) is 0.101. The predicted molar refractivity (Wildman–Crippen MR) is 120 cm³/mol. The lowest BCUT2D eigenvalue weighted by Gasteiger charge is -2.45. The largest absolute Gasteiger partial charge is 0.481 e. The van der Waals surface area contributed by atoms with E-state index in [4.69, 9.17) is 25.5 Å². The van der Waals surface area contributed by atoms with Crippen LogP contribution in [0.15, 0.2) is 10.5 Å². The van der Waals surface area contributed by atoms with Crippen molar-refractivity contribution in [2.24, 2.45) is 11.1 Å². The number of carboxylic acids is 3. The van der Waals surface area contributed by atoms with Crippen molar-refractivity contribution in [3.8, 4) is 0 Å². The molecular formula is C18H19N5O11S2. The van der Waals surface area contributed by atoms with Crippen LogP contribution in [-0.2, 0) is 38.3 Å². The van der Waals surface area contributed by atoms with E-state index in [2.05, 4.69) is 15.5 Å².